The maximum Gasteiger partial charge on any atom is 0.445 e. The van der Waals surface area contributed by atoms with Crippen molar-refractivity contribution >= 4 is 16.5 Å². The number of piperidine rings is 1. The van der Waals surface area contributed by atoms with E-state index in [1.54, 1.807) is 0 Å². The number of halogens is 3. The maximum absolute atomic E-state index is 12.5. The maximum atomic E-state index is 12.5. The van der Waals surface area contributed by atoms with Crippen molar-refractivity contribution in [3.63, 3.8) is 0 Å². The first-order chi connectivity index (χ1) is 9.52. The minimum absolute atomic E-state index is 0.394. The van der Waals surface area contributed by atoms with Crippen LogP contribution >= 0.6 is 11.3 Å². The summed E-state index contributed by atoms with van der Waals surface area (Å²) in [4.78, 5) is 1.92. The van der Waals surface area contributed by atoms with Crippen LogP contribution in [0, 0.1) is 5.92 Å². The lowest BCUT2D eigenvalue weighted by Crippen LogP contribution is -2.37. The van der Waals surface area contributed by atoms with Gasteiger partial charge in [0.1, 0.15) is 0 Å². The van der Waals surface area contributed by atoms with E-state index >= 15 is 0 Å². The molecule has 0 atom stereocenters. The van der Waals surface area contributed by atoms with Crippen LogP contribution in [-0.2, 0) is 6.18 Å². The van der Waals surface area contributed by atoms with Crippen LogP contribution in [0.5, 0.6) is 0 Å². The van der Waals surface area contributed by atoms with Crippen molar-refractivity contribution in [3.8, 4) is 0 Å². The van der Waals surface area contributed by atoms with Gasteiger partial charge in [-0.3, -0.25) is 0 Å². The summed E-state index contributed by atoms with van der Waals surface area (Å²) < 4.78 is 37.5. The van der Waals surface area contributed by atoms with Crippen LogP contribution < -0.4 is 10.2 Å². The van der Waals surface area contributed by atoms with E-state index in [9.17, 15) is 13.2 Å². The highest BCUT2D eigenvalue weighted by Gasteiger charge is 2.36. The van der Waals surface area contributed by atoms with Crippen LogP contribution in [0.25, 0.3) is 0 Å². The first-order valence-corrected chi connectivity index (χ1v) is 7.73. The second-order valence-corrected chi connectivity index (χ2v) is 6.46. The Morgan fingerprint density at radius 3 is 2.40 bits per heavy atom. The zero-order valence-corrected chi connectivity index (χ0v) is 11.8. The summed E-state index contributed by atoms with van der Waals surface area (Å²) in [6.07, 6.45) is 0.178. The highest BCUT2D eigenvalue weighted by molar-refractivity contribution is 7.15. The van der Waals surface area contributed by atoms with Crippen molar-refractivity contribution in [1.82, 2.24) is 15.5 Å². The van der Waals surface area contributed by atoms with Crippen molar-refractivity contribution in [2.75, 3.05) is 24.5 Å². The molecule has 1 saturated carbocycles. The quantitative estimate of drug-likeness (QED) is 0.928. The van der Waals surface area contributed by atoms with Crippen LogP contribution in [0.3, 0.4) is 0 Å². The van der Waals surface area contributed by atoms with Gasteiger partial charge in [-0.15, -0.1) is 10.2 Å². The first-order valence-electron chi connectivity index (χ1n) is 6.91. The number of aromatic nitrogens is 2. The highest BCUT2D eigenvalue weighted by atomic mass is 32.1. The largest absolute Gasteiger partial charge is 0.445 e. The fourth-order valence-electron chi connectivity index (χ4n) is 2.41. The lowest BCUT2D eigenvalue weighted by molar-refractivity contribution is -0.138. The molecule has 1 aliphatic heterocycles. The van der Waals surface area contributed by atoms with Gasteiger partial charge in [-0.1, -0.05) is 11.3 Å². The standard InChI is InChI=1S/C12H17F3N4S/c13-12(14,15)10-17-18-11(20-10)19-5-3-8(4-6-19)7-16-9-1-2-9/h8-9,16H,1-7H2. The van der Waals surface area contributed by atoms with E-state index in [1.807, 2.05) is 4.90 Å². The molecule has 4 nitrogen and oxygen atoms in total. The smallest absolute Gasteiger partial charge is 0.347 e. The Bertz CT molecular complexity index is 450. The molecule has 1 N–H and O–H groups in total. The third-order valence-corrected chi connectivity index (χ3v) is 4.84. The summed E-state index contributed by atoms with van der Waals surface area (Å²) in [5.41, 5.74) is 0. The monoisotopic (exact) mass is 306 g/mol. The summed E-state index contributed by atoms with van der Waals surface area (Å²) in [6, 6.07) is 0.713. The van der Waals surface area contributed by atoms with Crippen molar-refractivity contribution < 1.29 is 13.2 Å². The van der Waals surface area contributed by atoms with Gasteiger partial charge >= 0.3 is 6.18 Å². The zero-order chi connectivity index (χ0) is 14.2. The predicted octanol–water partition coefficient (Wildman–Crippen LogP) is 2.53. The van der Waals surface area contributed by atoms with Crippen molar-refractivity contribution in [2.45, 2.75) is 37.9 Å². The highest BCUT2D eigenvalue weighted by Crippen LogP contribution is 2.35. The lowest BCUT2D eigenvalue weighted by Gasteiger charge is -2.31. The number of nitrogens with one attached hydrogen (secondary N) is 1. The average molecular weight is 306 g/mol. The fourth-order valence-corrected chi connectivity index (χ4v) is 3.17. The van der Waals surface area contributed by atoms with Gasteiger partial charge in [0.15, 0.2) is 0 Å². The number of alkyl halides is 3. The van der Waals surface area contributed by atoms with E-state index in [0.717, 1.165) is 32.5 Å². The summed E-state index contributed by atoms with van der Waals surface area (Å²) in [7, 11) is 0. The molecular formula is C12H17F3N4S. The molecule has 2 fully saturated rings. The van der Waals surface area contributed by atoms with Crippen molar-refractivity contribution in [1.29, 1.82) is 0 Å². The van der Waals surface area contributed by atoms with Gasteiger partial charge in [0.25, 0.3) is 0 Å². The fraction of sp³-hybridized carbons (Fsp3) is 0.833. The molecule has 0 radical (unpaired) electrons. The summed E-state index contributed by atoms with van der Waals surface area (Å²) >= 11 is 0.639. The third kappa shape index (κ3) is 3.41. The normalized spacial score (nSPS) is 21.4. The van der Waals surface area contributed by atoms with Gasteiger partial charge in [0.05, 0.1) is 0 Å². The molecule has 0 bridgehead atoms. The Morgan fingerprint density at radius 2 is 1.85 bits per heavy atom. The van der Waals surface area contributed by atoms with Gasteiger partial charge < -0.3 is 10.2 Å². The predicted molar refractivity (Wildman–Crippen MR) is 70.9 cm³/mol. The summed E-state index contributed by atoms with van der Waals surface area (Å²) in [5, 5.41) is 9.96. The van der Waals surface area contributed by atoms with E-state index in [4.69, 9.17) is 0 Å². The number of anilines is 1. The Balaban J connectivity index is 1.50. The lowest BCUT2D eigenvalue weighted by atomic mass is 9.97. The van der Waals surface area contributed by atoms with Gasteiger partial charge in [0.2, 0.25) is 10.1 Å². The second-order valence-electron chi connectivity index (χ2n) is 5.50. The van der Waals surface area contributed by atoms with Gasteiger partial charge in [-0.2, -0.15) is 13.2 Å². The van der Waals surface area contributed by atoms with Gasteiger partial charge in [-0.05, 0) is 38.1 Å². The Labute approximate surface area is 119 Å². The van der Waals surface area contributed by atoms with Crippen LogP contribution in [0.1, 0.15) is 30.7 Å². The van der Waals surface area contributed by atoms with E-state index in [-0.39, 0.29) is 0 Å². The average Bonchev–Trinajstić information content (AvgIpc) is 3.09. The SMILES string of the molecule is FC(F)(F)c1nnc(N2CCC(CNC3CC3)CC2)s1. The number of hydrogen-bond acceptors (Lipinski definition) is 5. The van der Waals surface area contributed by atoms with E-state index in [0.29, 0.717) is 28.4 Å². The van der Waals surface area contributed by atoms with Crippen molar-refractivity contribution in [3.05, 3.63) is 5.01 Å². The Hall–Kier alpha value is -0.890. The second kappa shape index (κ2) is 5.48. The van der Waals surface area contributed by atoms with E-state index in [1.165, 1.54) is 12.8 Å². The molecule has 1 saturated heterocycles. The topological polar surface area (TPSA) is 41.1 Å². The van der Waals surface area contributed by atoms with Crippen molar-refractivity contribution in [2.24, 2.45) is 5.92 Å². The molecule has 20 heavy (non-hydrogen) atoms. The zero-order valence-electron chi connectivity index (χ0n) is 11.0. The Kier molecular flexibility index (Phi) is 3.85. The molecule has 8 heteroatoms. The van der Waals surface area contributed by atoms with Crippen LogP contribution in [0.2, 0.25) is 0 Å². The molecule has 1 aromatic rings. The molecular weight excluding hydrogens is 289 g/mol. The molecule has 1 aliphatic carbocycles. The molecule has 112 valence electrons. The molecule has 3 rings (SSSR count). The van der Waals surface area contributed by atoms with Crippen LogP contribution in [0.15, 0.2) is 0 Å². The van der Waals surface area contributed by atoms with Gasteiger partial charge in [-0.25, -0.2) is 0 Å². The molecule has 2 aliphatic rings. The molecule has 0 amide bonds. The van der Waals surface area contributed by atoms with Gasteiger partial charge in [0, 0.05) is 19.1 Å². The number of nitrogens with zero attached hydrogens (tertiary/aromatic N) is 3. The molecule has 0 unspecified atom stereocenters. The molecule has 0 spiro atoms. The molecule has 2 heterocycles. The minimum Gasteiger partial charge on any atom is -0.347 e. The van der Waals surface area contributed by atoms with Crippen LogP contribution in [0.4, 0.5) is 18.3 Å². The molecule has 1 aromatic heterocycles. The summed E-state index contributed by atoms with van der Waals surface area (Å²) in [5.74, 6) is 0.627. The number of hydrogen-bond donors (Lipinski definition) is 1. The minimum atomic E-state index is -4.39. The summed E-state index contributed by atoms with van der Waals surface area (Å²) in [6.45, 7) is 2.56. The Morgan fingerprint density at radius 1 is 1.15 bits per heavy atom. The number of rotatable bonds is 4. The first kappa shape index (κ1) is 14.1. The van der Waals surface area contributed by atoms with E-state index < -0.39 is 11.2 Å². The van der Waals surface area contributed by atoms with Crippen LogP contribution in [-0.4, -0.2) is 35.9 Å². The molecule has 0 aromatic carbocycles. The van der Waals surface area contributed by atoms with E-state index in [2.05, 4.69) is 15.5 Å². The third-order valence-electron chi connectivity index (χ3n) is 3.81.